The summed E-state index contributed by atoms with van der Waals surface area (Å²) in [6.07, 6.45) is 1.87. The van der Waals surface area contributed by atoms with E-state index in [2.05, 4.69) is 25.6 Å². The van der Waals surface area contributed by atoms with E-state index in [1.165, 1.54) is 11.1 Å². The van der Waals surface area contributed by atoms with Crippen molar-refractivity contribution in [2.24, 2.45) is 0 Å². The molecule has 0 saturated heterocycles. The number of nitroso groups, excluding NO2 is 1. The Bertz CT molecular complexity index is 313. The molecule has 1 aromatic carbocycles. The van der Waals surface area contributed by atoms with Crippen LogP contribution in [0.15, 0.2) is 24.8 Å². The molecule has 0 aliphatic heterocycles. The smallest absolute Gasteiger partial charge is 0.577 e. The van der Waals surface area contributed by atoms with Gasteiger partial charge in [-0.3, -0.25) is 0 Å². The van der Waals surface area contributed by atoms with Gasteiger partial charge in [0, 0.05) is 0 Å². The van der Waals surface area contributed by atoms with Gasteiger partial charge in [-0.05, 0) is 0 Å². The minimum Gasteiger partial charge on any atom is -0.577 e. The Labute approximate surface area is 125 Å². The Balaban J connectivity index is -0.0000000550. The summed E-state index contributed by atoms with van der Waals surface area (Å²) >= 11 is 0. The van der Waals surface area contributed by atoms with Crippen LogP contribution in [0.3, 0.4) is 0 Å². The fourth-order valence-electron chi connectivity index (χ4n) is 0.753. The summed E-state index contributed by atoms with van der Waals surface area (Å²) in [7, 11) is -6.00. The third-order valence-electron chi connectivity index (χ3n) is 1.30. The van der Waals surface area contributed by atoms with E-state index in [4.69, 9.17) is 20.1 Å². The first-order chi connectivity index (χ1) is 8.84. The van der Waals surface area contributed by atoms with Crippen LogP contribution in [0.2, 0.25) is 0 Å². The van der Waals surface area contributed by atoms with Gasteiger partial charge >= 0.3 is 24.3 Å². The number of rotatable bonds is 1. The zero-order valence-electron chi connectivity index (χ0n) is 10.6. The van der Waals surface area contributed by atoms with Crippen LogP contribution in [0.25, 0.3) is 11.7 Å². The van der Waals surface area contributed by atoms with Crippen molar-refractivity contribution in [2.45, 2.75) is 6.92 Å². The van der Waals surface area contributed by atoms with Gasteiger partial charge < -0.3 is 37.4 Å². The van der Waals surface area contributed by atoms with Crippen LogP contribution in [0.4, 0.5) is 17.3 Å². The van der Waals surface area contributed by atoms with Crippen LogP contribution in [0.5, 0.6) is 0 Å². The van der Waals surface area contributed by atoms with E-state index in [0.717, 1.165) is 0 Å². The Hall–Kier alpha value is -1.67. The van der Waals surface area contributed by atoms with Crippen LogP contribution >= 0.6 is 0 Å². The molecule has 0 heterocycles. The van der Waals surface area contributed by atoms with Crippen molar-refractivity contribution in [1.82, 2.24) is 0 Å². The largest absolute Gasteiger partial charge is 2.00 e. The van der Waals surface area contributed by atoms with Gasteiger partial charge in [-0.2, -0.15) is 18.7 Å². The second-order valence-corrected chi connectivity index (χ2v) is 2.36. The molecule has 1 aromatic rings. The molecule has 0 spiro atoms. The maximum Gasteiger partial charge on any atom is 2.00 e. The van der Waals surface area contributed by atoms with Gasteiger partial charge in [0.25, 0.3) is 0 Å². The third-order valence-corrected chi connectivity index (χ3v) is 1.30. The molecule has 0 fully saturated rings. The molecule has 1 radical (unpaired) electrons. The Morgan fingerprint density at radius 3 is 1.55 bits per heavy atom. The van der Waals surface area contributed by atoms with Crippen LogP contribution in [-0.4, -0.2) is 20.8 Å². The van der Waals surface area contributed by atoms with Gasteiger partial charge in [-0.1, -0.05) is 6.92 Å². The van der Waals surface area contributed by atoms with Crippen LogP contribution in [0.1, 0.15) is 11.1 Å². The van der Waals surface area contributed by atoms with Gasteiger partial charge in [0.05, 0.1) is 0 Å². The molecule has 0 bridgehead atoms. The summed E-state index contributed by atoms with van der Waals surface area (Å²) in [6, 6.07) is 6.17. The molecule has 0 aliphatic carbocycles. The molecule has 4 nitrogen and oxygen atoms in total. The number of carbonyl (C=O) groups is 2. The maximum atomic E-state index is 9.75. The van der Waals surface area contributed by atoms with E-state index < -0.39 is 7.25 Å². The van der Waals surface area contributed by atoms with Gasteiger partial charge in [-0.25, -0.2) is 0 Å². The Morgan fingerprint density at radius 2 is 1.45 bits per heavy atom. The minimum absolute atomic E-state index is 0. The summed E-state index contributed by atoms with van der Waals surface area (Å²) in [5.74, 6) is 0. The van der Waals surface area contributed by atoms with Gasteiger partial charge in [0.1, 0.15) is 13.6 Å². The fraction of sp³-hybridized carbons (Fsp3) is 0.100. The minimum atomic E-state index is -6.00. The van der Waals surface area contributed by atoms with Crippen molar-refractivity contribution in [3.05, 3.63) is 46.4 Å². The summed E-state index contributed by atoms with van der Waals surface area (Å²) in [5, 5.41) is 0. The molecule has 0 aliphatic rings. The zero-order chi connectivity index (χ0) is 16.5. The van der Waals surface area contributed by atoms with Crippen molar-refractivity contribution in [3.63, 3.8) is 0 Å². The van der Waals surface area contributed by atoms with Crippen molar-refractivity contribution >= 4 is 26.9 Å². The molecule has 0 unspecified atom stereocenters. The summed E-state index contributed by atoms with van der Waals surface area (Å²) < 4.78 is 39.0. The summed E-state index contributed by atoms with van der Waals surface area (Å²) in [4.78, 5) is 23.2. The quantitative estimate of drug-likeness (QED) is 0.446. The summed E-state index contributed by atoms with van der Waals surface area (Å²) in [6.45, 7) is 9.74. The molecule has 0 amide bonds. The van der Waals surface area contributed by atoms with Crippen LogP contribution in [-0.2, 0) is 26.7 Å². The van der Waals surface area contributed by atoms with Crippen molar-refractivity contribution < 1.29 is 43.9 Å². The molecule has 0 saturated carbocycles. The second kappa shape index (κ2) is 22.5. The molecule has 115 valence electrons. The Morgan fingerprint density at radius 1 is 1.15 bits per heavy atom. The predicted molar refractivity (Wildman–Crippen MR) is 68.0 cm³/mol. The van der Waals surface area contributed by atoms with Crippen LogP contribution in [0, 0.1) is 11.8 Å². The molecular formula is C10H13BF4MnNO3-. The number of hydrogen-bond acceptors (Lipinski definition) is 3. The monoisotopic (exact) mass is 337 g/mol. The fourth-order valence-corrected chi connectivity index (χ4v) is 0.753. The predicted octanol–water partition coefficient (Wildman–Crippen LogP) is 3.61. The molecule has 0 aromatic heterocycles. The molecule has 1 rings (SSSR count). The molecular weight excluding hydrogens is 324 g/mol. The maximum absolute atomic E-state index is 9.75. The van der Waals surface area contributed by atoms with E-state index in [-0.39, 0.29) is 17.1 Å². The SMILES string of the molecule is C=C[c-]1cccc1C.C=O.C=O.F[B-](F)(F)F.[Mn+2].[N-]=O. The number of aryl methyl sites for hydroxylation is 1. The average Bonchev–Trinajstić information content (AvgIpc) is 2.80. The topological polar surface area (TPSA) is 73.5 Å². The van der Waals surface area contributed by atoms with Gasteiger partial charge in [0.15, 0.2) is 0 Å². The first-order valence-corrected chi connectivity index (χ1v) is 4.32. The zero-order valence-corrected chi connectivity index (χ0v) is 11.8. The molecule has 0 N–H and O–H groups in total. The van der Waals surface area contributed by atoms with E-state index in [0.29, 0.717) is 0 Å². The molecule has 0 atom stereocenters. The van der Waals surface area contributed by atoms with E-state index in [1.54, 1.807) is 0 Å². The van der Waals surface area contributed by atoms with Crippen molar-refractivity contribution in [3.8, 4) is 0 Å². The number of carbonyl (C=O) groups excluding carboxylic acids is 2. The van der Waals surface area contributed by atoms with Gasteiger partial charge in [-0.15, -0.1) is 23.3 Å². The third kappa shape index (κ3) is 36.0. The van der Waals surface area contributed by atoms with Gasteiger partial charge in [0.2, 0.25) is 0 Å². The normalized spacial score (nSPS) is 7.25. The second-order valence-electron chi connectivity index (χ2n) is 2.36. The average molecular weight is 337 g/mol. The van der Waals surface area contributed by atoms with E-state index in [1.807, 2.05) is 25.7 Å². The number of hydrogen-bond donors (Lipinski definition) is 0. The first kappa shape index (κ1) is 31.0. The Kier molecular flexibility index (Phi) is 34.9. The standard InChI is InChI=1S/C8H9.2CH2O.BF4.Mn.NO/c1-3-8-6-4-5-7(8)2;2*1-2;2-1(3,4)5;;1-2/h3-6H,1H2,2H3;2*1H2;;;/q-1;;;-1;+2;-1. The van der Waals surface area contributed by atoms with Crippen LogP contribution < -0.4 is 0 Å². The molecule has 20 heavy (non-hydrogen) atoms. The van der Waals surface area contributed by atoms with Crippen molar-refractivity contribution in [1.29, 1.82) is 0 Å². The van der Waals surface area contributed by atoms with E-state index in [9.17, 15) is 17.3 Å². The van der Waals surface area contributed by atoms with Crippen molar-refractivity contribution in [2.75, 3.05) is 0 Å². The van der Waals surface area contributed by atoms with E-state index >= 15 is 0 Å². The molecule has 10 heteroatoms. The summed E-state index contributed by atoms with van der Waals surface area (Å²) in [5.41, 5.74) is 8.30. The number of halogens is 4. The first-order valence-electron chi connectivity index (χ1n) is 4.32. The number of nitrogens with zero attached hydrogens (tertiary/aromatic N) is 1.